The number of benzene rings is 1. The summed E-state index contributed by atoms with van der Waals surface area (Å²) < 4.78 is 2.12. The molecule has 2 heteroatoms. The zero-order valence-corrected chi connectivity index (χ0v) is 7.99. The maximum Gasteiger partial charge on any atom is 0.0481 e. The van der Waals surface area contributed by atoms with Gasteiger partial charge >= 0.3 is 0 Å². The van der Waals surface area contributed by atoms with E-state index in [0.717, 1.165) is 0 Å². The Kier molecular flexibility index (Phi) is 1.85. The van der Waals surface area contributed by atoms with Crippen molar-refractivity contribution in [3.8, 4) is 0 Å². The van der Waals surface area contributed by atoms with Gasteiger partial charge in [0.05, 0.1) is 0 Å². The Morgan fingerprint density at radius 2 is 2.00 bits per heavy atom. The van der Waals surface area contributed by atoms with Gasteiger partial charge in [-0.1, -0.05) is 18.2 Å². The van der Waals surface area contributed by atoms with Crippen molar-refractivity contribution in [2.75, 3.05) is 0 Å². The molecule has 2 nitrogen and oxygen atoms in total. The fourth-order valence-electron chi connectivity index (χ4n) is 1.74. The molecule has 0 spiro atoms. The number of nitrogens with two attached hydrogens (primary N) is 1. The van der Waals surface area contributed by atoms with Crippen LogP contribution in [-0.4, -0.2) is 4.57 Å². The summed E-state index contributed by atoms with van der Waals surface area (Å²) in [6.45, 7) is 2.02. The lowest BCUT2D eigenvalue weighted by Crippen LogP contribution is -2.03. The molecule has 1 aromatic heterocycles. The first-order valence-electron chi connectivity index (χ1n) is 4.49. The van der Waals surface area contributed by atoms with E-state index in [1.165, 1.54) is 16.5 Å². The van der Waals surface area contributed by atoms with Gasteiger partial charge in [0.25, 0.3) is 0 Å². The molecule has 0 saturated carbocycles. The van der Waals surface area contributed by atoms with Crippen molar-refractivity contribution >= 4 is 10.9 Å². The summed E-state index contributed by atoms with van der Waals surface area (Å²) in [6, 6.07) is 8.43. The predicted octanol–water partition coefficient (Wildman–Crippen LogP) is 2.20. The van der Waals surface area contributed by atoms with Gasteiger partial charge in [-0.05, 0) is 18.6 Å². The van der Waals surface area contributed by atoms with Crippen molar-refractivity contribution < 1.29 is 0 Å². The summed E-state index contributed by atoms with van der Waals surface area (Å²) in [5, 5.41) is 1.26. The highest BCUT2D eigenvalue weighted by atomic mass is 14.9. The molecule has 1 atom stereocenters. The van der Waals surface area contributed by atoms with E-state index in [4.69, 9.17) is 5.73 Å². The Hall–Kier alpha value is -1.28. The van der Waals surface area contributed by atoms with Crippen LogP contribution in [0, 0.1) is 0 Å². The highest BCUT2D eigenvalue weighted by Gasteiger charge is 2.08. The van der Waals surface area contributed by atoms with Crippen LogP contribution < -0.4 is 5.73 Å². The van der Waals surface area contributed by atoms with E-state index in [2.05, 4.69) is 22.9 Å². The van der Waals surface area contributed by atoms with Crippen molar-refractivity contribution in [3.05, 3.63) is 36.0 Å². The van der Waals surface area contributed by atoms with E-state index in [1.807, 2.05) is 26.1 Å². The van der Waals surface area contributed by atoms with E-state index < -0.39 is 0 Å². The molecule has 0 bridgehead atoms. The first-order chi connectivity index (χ1) is 6.20. The second-order valence-electron chi connectivity index (χ2n) is 3.50. The van der Waals surface area contributed by atoms with Crippen molar-refractivity contribution in [1.82, 2.24) is 4.57 Å². The minimum atomic E-state index is 0.103. The minimum absolute atomic E-state index is 0.103. The van der Waals surface area contributed by atoms with Gasteiger partial charge in [0.2, 0.25) is 0 Å². The largest absolute Gasteiger partial charge is 0.350 e. The van der Waals surface area contributed by atoms with Crippen LogP contribution >= 0.6 is 0 Å². The van der Waals surface area contributed by atoms with E-state index in [9.17, 15) is 0 Å². The van der Waals surface area contributed by atoms with Crippen LogP contribution in [0.15, 0.2) is 30.5 Å². The summed E-state index contributed by atoms with van der Waals surface area (Å²) >= 11 is 0. The number of aryl methyl sites for hydroxylation is 1. The molecule has 0 aliphatic rings. The average molecular weight is 174 g/mol. The second kappa shape index (κ2) is 2.89. The Morgan fingerprint density at radius 3 is 2.69 bits per heavy atom. The van der Waals surface area contributed by atoms with Gasteiger partial charge in [-0.3, -0.25) is 0 Å². The monoisotopic (exact) mass is 174 g/mol. The van der Waals surface area contributed by atoms with E-state index >= 15 is 0 Å². The molecule has 0 amide bonds. The molecule has 0 radical (unpaired) electrons. The Balaban J connectivity index is 2.78. The normalized spacial score (nSPS) is 13.5. The van der Waals surface area contributed by atoms with E-state index in [-0.39, 0.29) is 6.04 Å². The molecular weight excluding hydrogens is 160 g/mol. The SMILES string of the molecule is C[C@@H](N)c1cn(C)c2ccccc12. The highest BCUT2D eigenvalue weighted by molar-refractivity contribution is 5.84. The topological polar surface area (TPSA) is 30.9 Å². The van der Waals surface area contributed by atoms with Crippen molar-refractivity contribution in [2.45, 2.75) is 13.0 Å². The molecular formula is C11H14N2. The third-order valence-corrected chi connectivity index (χ3v) is 2.42. The van der Waals surface area contributed by atoms with Crippen molar-refractivity contribution in [3.63, 3.8) is 0 Å². The van der Waals surface area contributed by atoms with Crippen LogP contribution in [-0.2, 0) is 7.05 Å². The molecule has 0 fully saturated rings. The number of fused-ring (bicyclic) bond motifs is 1. The first kappa shape index (κ1) is 8.32. The molecule has 2 rings (SSSR count). The molecule has 2 aromatic rings. The van der Waals surface area contributed by atoms with Crippen LogP contribution in [0.3, 0.4) is 0 Å². The molecule has 68 valence electrons. The fraction of sp³-hybridized carbons (Fsp3) is 0.273. The van der Waals surface area contributed by atoms with Crippen molar-refractivity contribution in [2.24, 2.45) is 12.8 Å². The number of para-hydroxylation sites is 1. The number of nitrogens with zero attached hydrogens (tertiary/aromatic N) is 1. The number of rotatable bonds is 1. The van der Waals surface area contributed by atoms with Gasteiger partial charge in [-0.15, -0.1) is 0 Å². The van der Waals surface area contributed by atoms with Crippen molar-refractivity contribution in [1.29, 1.82) is 0 Å². The molecule has 0 saturated heterocycles. The highest BCUT2D eigenvalue weighted by Crippen LogP contribution is 2.23. The van der Waals surface area contributed by atoms with Gasteiger partial charge in [-0.2, -0.15) is 0 Å². The van der Waals surface area contributed by atoms with Gasteiger partial charge in [0.1, 0.15) is 0 Å². The third kappa shape index (κ3) is 1.23. The summed E-state index contributed by atoms with van der Waals surface area (Å²) in [7, 11) is 2.05. The quantitative estimate of drug-likeness (QED) is 0.706. The zero-order valence-electron chi connectivity index (χ0n) is 7.99. The van der Waals surface area contributed by atoms with Gasteiger partial charge < -0.3 is 10.3 Å². The van der Waals surface area contributed by atoms with Crippen LogP contribution in [0.4, 0.5) is 0 Å². The van der Waals surface area contributed by atoms with Gasteiger partial charge in [-0.25, -0.2) is 0 Å². The summed E-state index contributed by atoms with van der Waals surface area (Å²) in [6.07, 6.45) is 2.11. The first-order valence-corrected chi connectivity index (χ1v) is 4.49. The molecule has 0 aliphatic carbocycles. The Bertz CT molecular complexity index is 427. The maximum absolute atomic E-state index is 5.88. The van der Waals surface area contributed by atoms with Crippen LogP contribution in [0.2, 0.25) is 0 Å². The number of hydrogen-bond donors (Lipinski definition) is 1. The summed E-state index contributed by atoms with van der Waals surface area (Å²) in [4.78, 5) is 0. The smallest absolute Gasteiger partial charge is 0.0481 e. The van der Waals surface area contributed by atoms with Crippen LogP contribution in [0.1, 0.15) is 18.5 Å². The van der Waals surface area contributed by atoms with E-state index in [0.29, 0.717) is 0 Å². The third-order valence-electron chi connectivity index (χ3n) is 2.42. The summed E-state index contributed by atoms with van der Waals surface area (Å²) in [5.74, 6) is 0. The lowest BCUT2D eigenvalue weighted by Gasteiger charge is -2.01. The van der Waals surface area contributed by atoms with Crippen LogP contribution in [0.25, 0.3) is 10.9 Å². The fourth-order valence-corrected chi connectivity index (χ4v) is 1.74. The molecule has 0 aliphatic heterocycles. The lowest BCUT2D eigenvalue weighted by atomic mass is 10.1. The predicted molar refractivity (Wildman–Crippen MR) is 55.5 cm³/mol. The Labute approximate surface area is 78.0 Å². The number of hydrogen-bond acceptors (Lipinski definition) is 1. The molecule has 1 heterocycles. The number of aromatic nitrogens is 1. The molecule has 13 heavy (non-hydrogen) atoms. The second-order valence-corrected chi connectivity index (χ2v) is 3.50. The lowest BCUT2D eigenvalue weighted by molar-refractivity contribution is 0.815. The minimum Gasteiger partial charge on any atom is -0.350 e. The molecule has 2 N–H and O–H groups in total. The van der Waals surface area contributed by atoms with Gasteiger partial charge in [0, 0.05) is 30.2 Å². The maximum atomic E-state index is 5.88. The molecule has 0 unspecified atom stereocenters. The van der Waals surface area contributed by atoms with E-state index in [1.54, 1.807) is 0 Å². The standard InChI is InChI=1S/C11H14N2/c1-8(12)10-7-13(2)11-6-4-3-5-9(10)11/h3-8H,12H2,1-2H3/t8-/m1/s1. The summed E-state index contributed by atoms with van der Waals surface area (Å²) in [5.41, 5.74) is 8.35. The van der Waals surface area contributed by atoms with Gasteiger partial charge in [0.15, 0.2) is 0 Å². The Morgan fingerprint density at radius 1 is 1.31 bits per heavy atom. The zero-order chi connectivity index (χ0) is 9.42. The van der Waals surface area contributed by atoms with Crippen LogP contribution in [0.5, 0.6) is 0 Å². The molecule has 1 aromatic carbocycles. The average Bonchev–Trinajstić information content (AvgIpc) is 2.45.